The van der Waals surface area contributed by atoms with Crippen molar-refractivity contribution in [2.75, 3.05) is 10.6 Å². The van der Waals surface area contributed by atoms with Crippen molar-refractivity contribution in [2.24, 2.45) is 0 Å². The molecule has 3 aromatic carbocycles. The molecule has 0 spiro atoms. The van der Waals surface area contributed by atoms with Crippen LogP contribution in [-0.2, 0) is 10.5 Å². The Morgan fingerprint density at radius 2 is 1.65 bits per heavy atom. The molecular weight excluding hydrogens is 532 g/mol. The summed E-state index contributed by atoms with van der Waals surface area (Å²) >= 11 is 6.22. The third-order valence-electron chi connectivity index (χ3n) is 4.54. The topological polar surface area (TPSA) is 84.0 Å². The summed E-state index contributed by atoms with van der Waals surface area (Å²) in [7, 11) is 0. The van der Waals surface area contributed by atoms with Crippen molar-refractivity contribution in [3.8, 4) is 0 Å². The lowest BCUT2D eigenvalue weighted by atomic mass is 10.1. The quantitative estimate of drug-likeness (QED) is 0.148. The summed E-state index contributed by atoms with van der Waals surface area (Å²) < 4.78 is 1.71. The Kier molecular flexibility index (Phi) is 8.24. The van der Waals surface area contributed by atoms with E-state index < -0.39 is 0 Å². The van der Waals surface area contributed by atoms with E-state index in [1.54, 1.807) is 18.2 Å². The molecule has 0 aliphatic carbocycles. The monoisotopic (exact) mass is 550 g/mol. The summed E-state index contributed by atoms with van der Waals surface area (Å²) in [6.07, 6.45) is 3.22. The van der Waals surface area contributed by atoms with Crippen molar-refractivity contribution in [3.63, 3.8) is 0 Å². The number of amides is 2. The lowest BCUT2D eigenvalue weighted by molar-refractivity contribution is -0.111. The Bertz CT molecular complexity index is 1290. The Labute approximate surface area is 213 Å². The van der Waals surface area contributed by atoms with E-state index in [9.17, 15) is 9.59 Å². The summed E-state index contributed by atoms with van der Waals surface area (Å²) in [4.78, 5) is 24.5. The van der Waals surface area contributed by atoms with E-state index in [0.717, 1.165) is 25.6 Å². The first-order valence-electron chi connectivity index (χ1n) is 10.2. The van der Waals surface area contributed by atoms with Gasteiger partial charge in [0.05, 0.1) is 0 Å². The van der Waals surface area contributed by atoms with Crippen LogP contribution in [0.2, 0.25) is 0 Å². The number of thioether (sulfide) groups is 1. The van der Waals surface area contributed by atoms with Crippen LogP contribution in [0.4, 0.5) is 10.8 Å². The molecule has 2 amide bonds. The molecule has 0 aliphatic heterocycles. The highest BCUT2D eigenvalue weighted by atomic mass is 79.9. The molecule has 0 bridgehead atoms. The lowest BCUT2D eigenvalue weighted by Gasteiger charge is -2.06. The molecule has 34 heavy (non-hydrogen) atoms. The maximum Gasteiger partial charge on any atom is 0.255 e. The van der Waals surface area contributed by atoms with E-state index in [2.05, 4.69) is 36.8 Å². The van der Waals surface area contributed by atoms with Crippen LogP contribution < -0.4 is 10.6 Å². The summed E-state index contributed by atoms with van der Waals surface area (Å²) in [6.45, 7) is 0. The zero-order valence-electron chi connectivity index (χ0n) is 17.8. The maximum absolute atomic E-state index is 12.4. The molecule has 4 aromatic rings. The average Bonchev–Trinajstić information content (AvgIpc) is 3.31. The van der Waals surface area contributed by atoms with Gasteiger partial charge in [-0.2, -0.15) is 0 Å². The molecule has 0 unspecified atom stereocenters. The van der Waals surface area contributed by atoms with Gasteiger partial charge in [0.1, 0.15) is 0 Å². The van der Waals surface area contributed by atoms with Crippen LogP contribution in [0.3, 0.4) is 0 Å². The van der Waals surface area contributed by atoms with Gasteiger partial charge in [0.25, 0.3) is 5.91 Å². The highest BCUT2D eigenvalue weighted by Gasteiger charge is 2.09. The van der Waals surface area contributed by atoms with Crippen LogP contribution in [0.1, 0.15) is 21.5 Å². The standard InChI is InChI=1S/C25H19BrN4O2S2/c26-20-11-13-21(14-12-20)27-23(32)19-9-6-18(7-10-19)16-33-25-30-29-24(34-25)28-22(31)15-8-17-4-2-1-3-5-17/h1-15H,16H2,(H,27,32)(H,28,29,31). The first-order chi connectivity index (χ1) is 16.5. The maximum atomic E-state index is 12.4. The van der Waals surface area contributed by atoms with Gasteiger partial charge in [0.2, 0.25) is 11.0 Å². The minimum absolute atomic E-state index is 0.160. The molecule has 9 heteroatoms. The van der Waals surface area contributed by atoms with Crippen molar-refractivity contribution >= 4 is 67.7 Å². The van der Waals surface area contributed by atoms with Crippen LogP contribution in [0.25, 0.3) is 6.08 Å². The third-order valence-corrected chi connectivity index (χ3v) is 7.12. The van der Waals surface area contributed by atoms with Gasteiger partial charge in [-0.1, -0.05) is 81.5 Å². The fraction of sp³-hybridized carbons (Fsp3) is 0.0400. The Hall–Kier alpha value is -3.27. The minimum Gasteiger partial charge on any atom is -0.322 e. The second kappa shape index (κ2) is 11.7. The Morgan fingerprint density at radius 3 is 2.38 bits per heavy atom. The molecule has 170 valence electrons. The van der Waals surface area contributed by atoms with Crippen molar-refractivity contribution < 1.29 is 9.59 Å². The van der Waals surface area contributed by atoms with Crippen molar-refractivity contribution in [1.82, 2.24) is 10.2 Å². The van der Waals surface area contributed by atoms with E-state index >= 15 is 0 Å². The highest BCUT2D eigenvalue weighted by Crippen LogP contribution is 2.28. The van der Waals surface area contributed by atoms with Gasteiger partial charge < -0.3 is 5.32 Å². The van der Waals surface area contributed by atoms with Gasteiger partial charge in [0.15, 0.2) is 4.34 Å². The normalized spacial score (nSPS) is 10.9. The number of carbonyl (C=O) groups is 2. The first-order valence-corrected chi connectivity index (χ1v) is 12.8. The SMILES string of the molecule is O=C(C=Cc1ccccc1)Nc1nnc(SCc2ccc(C(=O)Nc3ccc(Br)cc3)cc2)s1. The molecule has 0 saturated heterocycles. The number of aromatic nitrogens is 2. The summed E-state index contributed by atoms with van der Waals surface area (Å²) in [5.74, 6) is 0.256. The van der Waals surface area contributed by atoms with Crippen LogP contribution in [0.5, 0.6) is 0 Å². The summed E-state index contributed by atoms with van der Waals surface area (Å²) in [6, 6.07) is 24.5. The molecule has 0 radical (unpaired) electrons. The first kappa shape index (κ1) is 23.9. The van der Waals surface area contributed by atoms with Gasteiger partial charge in [-0.15, -0.1) is 10.2 Å². The number of benzene rings is 3. The smallest absolute Gasteiger partial charge is 0.255 e. The number of carbonyl (C=O) groups excluding carboxylic acids is 2. The van der Waals surface area contributed by atoms with E-state index in [1.807, 2.05) is 66.7 Å². The van der Waals surface area contributed by atoms with Crippen LogP contribution in [-0.4, -0.2) is 22.0 Å². The zero-order chi connectivity index (χ0) is 23.8. The molecule has 2 N–H and O–H groups in total. The minimum atomic E-state index is -0.256. The van der Waals surface area contributed by atoms with Gasteiger partial charge in [-0.05, 0) is 53.6 Å². The molecule has 0 aliphatic rings. The molecule has 1 aromatic heterocycles. The van der Waals surface area contributed by atoms with Gasteiger partial charge >= 0.3 is 0 Å². The number of halogens is 1. The van der Waals surface area contributed by atoms with Crippen LogP contribution >= 0.6 is 39.0 Å². The van der Waals surface area contributed by atoms with Gasteiger partial charge in [-0.25, -0.2) is 0 Å². The van der Waals surface area contributed by atoms with Crippen molar-refractivity contribution in [2.45, 2.75) is 10.1 Å². The summed E-state index contributed by atoms with van der Waals surface area (Å²) in [5.41, 5.74) is 3.32. The second-order valence-electron chi connectivity index (χ2n) is 7.05. The lowest BCUT2D eigenvalue weighted by Crippen LogP contribution is -2.11. The highest BCUT2D eigenvalue weighted by molar-refractivity contribution is 9.10. The molecular formula is C25H19BrN4O2S2. The van der Waals surface area contributed by atoms with Crippen molar-refractivity contribution in [1.29, 1.82) is 0 Å². The van der Waals surface area contributed by atoms with Crippen LogP contribution in [0.15, 0.2) is 93.8 Å². The van der Waals surface area contributed by atoms with Crippen molar-refractivity contribution in [3.05, 3.63) is 106 Å². The largest absolute Gasteiger partial charge is 0.322 e. The number of hydrogen-bond acceptors (Lipinski definition) is 6. The average molecular weight is 551 g/mol. The third kappa shape index (κ3) is 7.11. The predicted octanol–water partition coefficient (Wildman–Crippen LogP) is 6.50. The number of hydrogen-bond donors (Lipinski definition) is 2. The van der Waals surface area contributed by atoms with Crippen LogP contribution in [0, 0.1) is 0 Å². The zero-order valence-corrected chi connectivity index (χ0v) is 21.0. The Morgan fingerprint density at radius 1 is 0.912 bits per heavy atom. The Balaban J connectivity index is 1.26. The fourth-order valence-electron chi connectivity index (χ4n) is 2.84. The van der Waals surface area contributed by atoms with E-state index in [-0.39, 0.29) is 11.8 Å². The molecule has 0 atom stereocenters. The molecule has 0 fully saturated rings. The number of nitrogens with zero attached hydrogens (tertiary/aromatic N) is 2. The van der Waals surface area contributed by atoms with Gasteiger partial charge in [0, 0.05) is 27.6 Å². The molecule has 0 saturated carbocycles. The summed E-state index contributed by atoms with van der Waals surface area (Å²) in [5, 5.41) is 14.2. The van der Waals surface area contributed by atoms with E-state index in [0.29, 0.717) is 16.4 Å². The number of nitrogens with one attached hydrogen (secondary N) is 2. The molecule has 1 heterocycles. The molecule has 4 rings (SSSR count). The second-order valence-corrected chi connectivity index (χ2v) is 10.2. The van der Waals surface area contributed by atoms with E-state index in [4.69, 9.17) is 0 Å². The molecule has 6 nitrogen and oxygen atoms in total. The van der Waals surface area contributed by atoms with E-state index in [1.165, 1.54) is 29.2 Å². The fourth-order valence-corrected chi connectivity index (χ4v) is 4.81. The van der Waals surface area contributed by atoms with Gasteiger partial charge in [-0.3, -0.25) is 14.9 Å². The predicted molar refractivity (Wildman–Crippen MR) is 142 cm³/mol. The number of anilines is 2. The number of rotatable bonds is 8.